The number of allylic oxidation sites excluding steroid dienone is 6. The molecule has 0 heterocycles. The van der Waals surface area contributed by atoms with Gasteiger partial charge in [0, 0.05) is 6.08 Å². The molecule has 0 N–H and O–H groups in total. The van der Waals surface area contributed by atoms with Gasteiger partial charge in [0.15, 0.2) is 0 Å². The van der Waals surface area contributed by atoms with E-state index in [2.05, 4.69) is 32.9 Å². The Bertz CT molecular complexity index is 337. The molecule has 1 atom stereocenters. The molecule has 0 radical (unpaired) electrons. The van der Waals surface area contributed by atoms with E-state index in [1.807, 2.05) is 13.0 Å². The van der Waals surface area contributed by atoms with E-state index >= 15 is 0 Å². The van der Waals surface area contributed by atoms with Crippen molar-refractivity contribution in [2.75, 3.05) is 0 Å². The van der Waals surface area contributed by atoms with Crippen LogP contribution < -0.4 is 0 Å². The first-order valence-electron chi connectivity index (χ1n) is 6.65. The Kier molecular flexibility index (Phi) is 9.67. The summed E-state index contributed by atoms with van der Waals surface area (Å²) in [6.45, 7) is 8.51. The molecular formula is C16H25ClO. The maximum Gasteiger partial charge on any atom is 0.245 e. The van der Waals surface area contributed by atoms with Gasteiger partial charge < -0.3 is 0 Å². The molecule has 0 bridgehead atoms. The van der Waals surface area contributed by atoms with Gasteiger partial charge in [-0.05, 0) is 62.6 Å². The van der Waals surface area contributed by atoms with Gasteiger partial charge in [-0.1, -0.05) is 37.6 Å². The molecule has 102 valence electrons. The average molecular weight is 269 g/mol. The number of halogens is 1. The van der Waals surface area contributed by atoms with Crippen LogP contribution in [0.25, 0.3) is 0 Å². The summed E-state index contributed by atoms with van der Waals surface area (Å²) in [5.41, 5.74) is 2.38. The monoisotopic (exact) mass is 268 g/mol. The van der Waals surface area contributed by atoms with Crippen molar-refractivity contribution in [1.82, 2.24) is 0 Å². The van der Waals surface area contributed by atoms with E-state index in [0.29, 0.717) is 5.92 Å². The number of hydrogen-bond acceptors (Lipinski definition) is 1. The van der Waals surface area contributed by atoms with E-state index in [-0.39, 0.29) is 0 Å². The lowest BCUT2D eigenvalue weighted by atomic mass is 10.00. The maximum absolute atomic E-state index is 10.6. The topological polar surface area (TPSA) is 17.1 Å². The molecular weight excluding hydrogens is 244 g/mol. The Morgan fingerprint density at radius 1 is 1.33 bits per heavy atom. The highest BCUT2D eigenvalue weighted by Gasteiger charge is 1.98. The molecule has 0 saturated carbocycles. The fourth-order valence-electron chi connectivity index (χ4n) is 1.59. The number of carbonyl (C=O) groups is 1. The van der Waals surface area contributed by atoms with Crippen molar-refractivity contribution in [1.29, 1.82) is 0 Å². The summed E-state index contributed by atoms with van der Waals surface area (Å²) >= 11 is 5.27. The van der Waals surface area contributed by atoms with Crippen LogP contribution in [-0.2, 0) is 4.79 Å². The molecule has 1 unspecified atom stereocenters. The van der Waals surface area contributed by atoms with Gasteiger partial charge in [0.05, 0.1) is 0 Å². The quantitative estimate of drug-likeness (QED) is 0.249. The van der Waals surface area contributed by atoms with Gasteiger partial charge in [0.25, 0.3) is 0 Å². The molecule has 0 aromatic rings. The van der Waals surface area contributed by atoms with Crippen LogP contribution in [0.15, 0.2) is 35.5 Å². The van der Waals surface area contributed by atoms with Gasteiger partial charge in [-0.2, -0.15) is 0 Å². The fraction of sp³-hybridized carbons (Fsp3) is 0.562. The van der Waals surface area contributed by atoms with Gasteiger partial charge >= 0.3 is 0 Å². The third kappa shape index (κ3) is 10.3. The van der Waals surface area contributed by atoms with Crippen molar-refractivity contribution in [3.63, 3.8) is 0 Å². The lowest BCUT2D eigenvalue weighted by molar-refractivity contribution is -0.107. The first kappa shape index (κ1) is 17.2. The Morgan fingerprint density at radius 3 is 2.56 bits per heavy atom. The van der Waals surface area contributed by atoms with Crippen molar-refractivity contribution >= 4 is 16.8 Å². The maximum atomic E-state index is 10.6. The van der Waals surface area contributed by atoms with Crippen LogP contribution in [0.1, 0.15) is 53.4 Å². The minimum absolute atomic E-state index is 0.412. The second kappa shape index (κ2) is 10.1. The molecule has 2 heteroatoms. The molecule has 0 aliphatic rings. The number of rotatable bonds is 8. The zero-order valence-electron chi connectivity index (χ0n) is 12.0. The summed E-state index contributed by atoms with van der Waals surface area (Å²) < 4.78 is 0. The Labute approximate surface area is 117 Å². The molecule has 0 fully saturated rings. The molecule has 0 spiro atoms. The molecule has 1 nitrogen and oxygen atoms in total. The van der Waals surface area contributed by atoms with Gasteiger partial charge in [0.1, 0.15) is 0 Å². The molecule has 0 aromatic carbocycles. The minimum Gasteiger partial charge on any atom is -0.276 e. The van der Waals surface area contributed by atoms with Crippen molar-refractivity contribution in [2.24, 2.45) is 5.92 Å². The summed E-state index contributed by atoms with van der Waals surface area (Å²) in [5.74, 6) is 0.668. The number of carbonyl (C=O) groups excluding carboxylic acids is 1. The standard InChI is InChI=1S/C16H25ClO/c1-5-13(2)8-6-9-14(3)10-7-11-15(4)12-16(17)18/h7-8,11-12,14H,5-6,9-10H2,1-4H3/b11-7+,13-8+,15-12+. The summed E-state index contributed by atoms with van der Waals surface area (Å²) in [6, 6.07) is 0. The van der Waals surface area contributed by atoms with Gasteiger partial charge in [-0.3, -0.25) is 4.79 Å². The largest absolute Gasteiger partial charge is 0.276 e. The van der Waals surface area contributed by atoms with E-state index in [1.165, 1.54) is 18.1 Å². The minimum atomic E-state index is -0.412. The lowest BCUT2D eigenvalue weighted by Gasteiger charge is -2.06. The Balaban J connectivity index is 3.93. The predicted molar refractivity (Wildman–Crippen MR) is 80.8 cm³/mol. The Morgan fingerprint density at radius 2 is 2.00 bits per heavy atom. The predicted octanol–water partition coefficient (Wildman–Crippen LogP) is 5.42. The summed E-state index contributed by atoms with van der Waals surface area (Å²) in [5, 5.41) is -0.412. The molecule has 0 rings (SSSR count). The molecule has 0 aromatic heterocycles. The zero-order valence-corrected chi connectivity index (χ0v) is 12.8. The van der Waals surface area contributed by atoms with Crippen LogP contribution in [0.5, 0.6) is 0 Å². The first-order valence-corrected chi connectivity index (χ1v) is 7.03. The fourth-order valence-corrected chi connectivity index (χ4v) is 1.76. The molecule has 0 amide bonds. The van der Waals surface area contributed by atoms with Crippen LogP contribution in [0.3, 0.4) is 0 Å². The van der Waals surface area contributed by atoms with Crippen LogP contribution in [-0.4, -0.2) is 5.24 Å². The van der Waals surface area contributed by atoms with Crippen LogP contribution in [0.4, 0.5) is 0 Å². The average Bonchev–Trinajstić information content (AvgIpc) is 2.27. The van der Waals surface area contributed by atoms with Crippen molar-refractivity contribution in [2.45, 2.75) is 53.4 Å². The van der Waals surface area contributed by atoms with E-state index in [1.54, 1.807) is 0 Å². The summed E-state index contributed by atoms with van der Waals surface area (Å²) in [6.07, 6.45) is 12.4. The highest BCUT2D eigenvalue weighted by molar-refractivity contribution is 6.66. The SMILES string of the molecule is CC/C(C)=C/CCC(C)C/C=C/C(C)=C/C(=O)Cl. The van der Waals surface area contributed by atoms with Crippen molar-refractivity contribution in [3.8, 4) is 0 Å². The molecule has 0 aliphatic carbocycles. The van der Waals surface area contributed by atoms with Crippen molar-refractivity contribution < 1.29 is 4.79 Å². The van der Waals surface area contributed by atoms with Gasteiger partial charge in [0.2, 0.25) is 5.24 Å². The lowest BCUT2D eigenvalue weighted by Crippen LogP contribution is -1.91. The van der Waals surface area contributed by atoms with Crippen molar-refractivity contribution in [3.05, 3.63) is 35.5 Å². The highest BCUT2D eigenvalue weighted by Crippen LogP contribution is 2.13. The second-order valence-corrected chi connectivity index (χ2v) is 5.29. The second-order valence-electron chi connectivity index (χ2n) is 4.92. The summed E-state index contributed by atoms with van der Waals surface area (Å²) in [7, 11) is 0. The third-order valence-corrected chi connectivity index (χ3v) is 3.08. The smallest absolute Gasteiger partial charge is 0.245 e. The van der Waals surface area contributed by atoms with Crippen LogP contribution in [0, 0.1) is 5.92 Å². The normalized spacial score (nSPS) is 15.2. The van der Waals surface area contributed by atoms with E-state index in [0.717, 1.165) is 24.8 Å². The van der Waals surface area contributed by atoms with Crippen LogP contribution >= 0.6 is 11.6 Å². The Hall–Kier alpha value is -0.820. The molecule has 18 heavy (non-hydrogen) atoms. The zero-order chi connectivity index (χ0) is 14.0. The van der Waals surface area contributed by atoms with Crippen LogP contribution in [0.2, 0.25) is 0 Å². The molecule has 0 aliphatic heterocycles. The van der Waals surface area contributed by atoms with E-state index in [4.69, 9.17) is 11.6 Å². The van der Waals surface area contributed by atoms with Gasteiger partial charge in [-0.25, -0.2) is 0 Å². The third-order valence-electron chi connectivity index (χ3n) is 2.97. The van der Waals surface area contributed by atoms with Gasteiger partial charge in [-0.15, -0.1) is 0 Å². The van der Waals surface area contributed by atoms with E-state index < -0.39 is 5.24 Å². The first-order chi connectivity index (χ1) is 8.45. The summed E-state index contributed by atoms with van der Waals surface area (Å²) in [4.78, 5) is 10.6. The molecule has 0 saturated heterocycles. The van der Waals surface area contributed by atoms with E-state index in [9.17, 15) is 4.79 Å². The number of hydrogen-bond donors (Lipinski definition) is 0. The highest BCUT2D eigenvalue weighted by atomic mass is 35.5.